The second-order valence-corrected chi connectivity index (χ2v) is 5.21. The van der Waals surface area contributed by atoms with Gasteiger partial charge in [-0.15, -0.1) is 10.2 Å². The van der Waals surface area contributed by atoms with E-state index in [0.717, 1.165) is 6.07 Å². The number of carbonyl (C=O) groups excluding carboxylic acids is 1. The van der Waals surface area contributed by atoms with E-state index in [1.54, 1.807) is 6.07 Å². The van der Waals surface area contributed by atoms with Gasteiger partial charge in [-0.05, 0) is 32.0 Å². The Bertz CT molecular complexity index is 734. The number of benzene rings is 1. The summed E-state index contributed by atoms with van der Waals surface area (Å²) in [5, 5.41) is 20.9. The molecule has 0 spiro atoms. The fourth-order valence-electron chi connectivity index (χ4n) is 1.67. The number of aromatic nitrogens is 2. The molecule has 1 heterocycles. The lowest BCUT2D eigenvalue weighted by Crippen LogP contribution is -2.14. The number of ether oxygens (including phenoxy) is 1. The zero-order valence-corrected chi connectivity index (χ0v) is 13.1. The lowest BCUT2D eigenvalue weighted by molar-refractivity contribution is -0.384. The monoisotopic (exact) mass is 336 g/mol. The van der Waals surface area contributed by atoms with Gasteiger partial charge < -0.3 is 10.1 Å². The van der Waals surface area contributed by atoms with E-state index >= 15 is 0 Å². The molecule has 9 heteroatoms. The molecule has 8 nitrogen and oxygen atoms in total. The minimum atomic E-state index is -0.656. The van der Waals surface area contributed by atoms with Crippen molar-refractivity contribution in [1.82, 2.24) is 10.2 Å². The number of halogens is 1. The number of hydrogen-bond donors (Lipinski definition) is 1. The van der Waals surface area contributed by atoms with Crippen LogP contribution in [0, 0.1) is 10.1 Å². The van der Waals surface area contributed by atoms with Crippen LogP contribution in [0.2, 0.25) is 5.02 Å². The number of anilines is 1. The van der Waals surface area contributed by atoms with Crippen molar-refractivity contribution in [1.29, 1.82) is 0 Å². The average Bonchev–Trinajstić information content (AvgIpc) is 2.48. The normalized spacial score (nSPS) is 10.4. The standard InChI is InChI=1S/C14H13ClN4O4/c1-8(2)23-13-6-5-12(17-18-13)16-14(20)9-3-4-10(15)11(7-9)19(21)22/h3-8H,1-2H3,(H,16,17,20). The molecule has 2 rings (SSSR count). The highest BCUT2D eigenvalue weighted by Gasteiger charge is 2.16. The smallest absolute Gasteiger partial charge is 0.288 e. The van der Waals surface area contributed by atoms with Crippen molar-refractivity contribution in [2.75, 3.05) is 5.32 Å². The maximum Gasteiger partial charge on any atom is 0.288 e. The number of amides is 1. The molecule has 0 unspecified atom stereocenters. The van der Waals surface area contributed by atoms with Crippen LogP contribution in [-0.4, -0.2) is 27.1 Å². The van der Waals surface area contributed by atoms with E-state index in [1.165, 1.54) is 18.2 Å². The Morgan fingerprint density at radius 2 is 2.04 bits per heavy atom. The second kappa shape index (κ2) is 7.01. The molecule has 0 bridgehead atoms. The molecular weight excluding hydrogens is 324 g/mol. The summed E-state index contributed by atoms with van der Waals surface area (Å²) in [7, 11) is 0. The molecule has 0 saturated carbocycles. The van der Waals surface area contributed by atoms with Crippen molar-refractivity contribution in [3.63, 3.8) is 0 Å². The number of nitrogens with zero attached hydrogens (tertiary/aromatic N) is 3. The number of rotatable bonds is 5. The Kier molecular flexibility index (Phi) is 5.07. The fourth-order valence-corrected chi connectivity index (χ4v) is 1.86. The van der Waals surface area contributed by atoms with Gasteiger partial charge in [0.2, 0.25) is 5.88 Å². The van der Waals surface area contributed by atoms with Gasteiger partial charge in [0.15, 0.2) is 5.82 Å². The molecule has 1 amide bonds. The molecule has 0 saturated heterocycles. The number of hydrogen-bond acceptors (Lipinski definition) is 6. The average molecular weight is 337 g/mol. The van der Waals surface area contributed by atoms with Crippen LogP contribution in [0.1, 0.15) is 24.2 Å². The number of nitro benzene ring substituents is 1. The van der Waals surface area contributed by atoms with Gasteiger partial charge in [0.05, 0.1) is 11.0 Å². The third-order valence-electron chi connectivity index (χ3n) is 2.64. The molecule has 0 radical (unpaired) electrons. The van der Waals surface area contributed by atoms with Gasteiger partial charge in [0.1, 0.15) is 5.02 Å². The van der Waals surface area contributed by atoms with E-state index in [1.807, 2.05) is 13.8 Å². The highest BCUT2D eigenvalue weighted by molar-refractivity contribution is 6.32. The van der Waals surface area contributed by atoms with E-state index in [9.17, 15) is 14.9 Å². The Morgan fingerprint density at radius 1 is 1.30 bits per heavy atom. The Morgan fingerprint density at radius 3 is 2.61 bits per heavy atom. The summed E-state index contributed by atoms with van der Waals surface area (Å²) in [6, 6.07) is 6.86. The molecule has 0 aliphatic heterocycles. The quantitative estimate of drug-likeness (QED) is 0.664. The summed E-state index contributed by atoms with van der Waals surface area (Å²) in [6.07, 6.45) is -0.0423. The Labute approximate surface area is 136 Å². The maximum absolute atomic E-state index is 12.1. The first-order chi connectivity index (χ1) is 10.9. The van der Waals surface area contributed by atoms with Crippen molar-refractivity contribution in [2.24, 2.45) is 0 Å². The van der Waals surface area contributed by atoms with E-state index in [4.69, 9.17) is 16.3 Å². The van der Waals surface area contributed by atoms with Crippen molar-refractivity contribution >= 4 is 29.0 Å². The number of nitrogens with one attached hydrogen (secondary N) is 1. The fraction of sp³-hybridized carbons (Fsp3) is 0.214. The lowest BCUT2D eigenvalue weighted by atomic mass is 10.2. The predicted molar refractivity (Wildman–Crippen MR) is 83.9 cm³/mol. The predicted octanol–water partition coefficient (Wildman–Crippen LogP) is 3.08. The molecule has 0 fully saturated rings. The van der Waals surface area contributed by atoms with Crippen LogP contribution in [0.25, 0.3) is 0 Å². The molecule has 2 aromatic rings. The van der Waals surface area contributed by atoms with Crippen molar-refractivity contribution in [2.45, 2.75) is 20.0 Å². The Balaban J connectivity index is 2.13. The topological polar surface area (TPSA) is 107 Å². The zero-order valence-electron chi connectivity index (χ0n) is 12.3. The number of nitro groups is 1. The minimum absolute atomic E-state index is 0.0403. The van der Waals surface area contributed by atoms with Crippen LogP contribution in [0.15, 0.2) is 30.3 Å². The van der Waals surface area contributed by atoms with Crippen LogP contribution in [0.3, 0.4) is 0 Å². The third kappa shape index (κ3) is 4.36. The molecule has 0 atom stereocenters. The van der Waals surface area contributed by atoms with Crippen LogP contribution in [0.4, 0.5) is 11.5 Å². The number of carbonyl (C=O) groups is 1. The molecule has 120 valence electrons. The summed E-state index contributed by atoms with van der Waals surface area (Å²) in [6.45, 7) is 3.70. The van der Waals surface area contributed by atoms with E-state index < -0.39 is 10.8 Å². The van der Waals surface area contributed by atoms with E-state index in [2.05, 4.69) is 15.5 Å². The third-order valence-corrected chi connectivity index (χ3v) is 2.96. The van der Waals surface area contributed by atoms with Crippen LogP contribution in [-0.2, 0) is 0 Å². The molecule has 23 heavy (non-hydrogen) atoms. The summed E-state index contributed by atoms with van der Waals surface area (Å²) >= 11 is 5.71. The van der Waals surface area contributed by atoms with Gasteiger partial charge >= 0.3 is 0 Å². The first kappa shape index (κ1) is 16.6. The first-order valence-electron chi connectivity index (χ1n) is 6.62. The minimum Gasteiger partial charge on any atom is -0.474 e. The summed E-state index contributed by atoms with van der Waals surface area (Å²) in [5.74, 6) is -0.0274. The van der Waals surface area contributed by atoms with Crippen molar-refractivity contribution in [3.8, 4) is 5.88 Å². The van der Waals surface area contributed by atoms with Gasteiger partial charge in [-0.2, -0.15) is 0 Å². The Hall–Kier alpha value is -2.74. The van der Waals surface area contributed by atoms with Gasteiger partial charge in [-0.25, -0.2) is 0 Å². The molecule has 1 N–H and O–H groups in total. The van der Waals surface area contributed by atoms with E-state index in [0.29, 0.717) is 5.88 Å². The molecule has 1 aromatic carbocycles. The van der Waals surface area contributed by atoms with Crippen LogP contribution in [0.5, 0.6) is 5.88 Å². The second-order valence-electron chi connectivity index (χ2n) is 4.80. The first-order valence-corrected chi connectivity index (χ1v) is 7.00. The summed E-state index contributed by atoms with van der Waals surface area (Å²) in [5.41, 5.74) is -0.253. The highest BCUT2D eigenvalue weighted by atomic mass is 35.5. The molecule has 0 aliphatic rings. The molecular formula is C14H13ClN4O4. The van der Waals surface area contributed by atoms with Gasteiger partial charge in [-0.3, -0.25) is 14.9 Å². The lowest BCUT2D eigenvalue weighted by Gasteiger charge is -2.08. The van der Waals surface area contributed by atoms with Gasteiger partial charge in [-0.1, -0.05) is 11.6 Å². The largest absolute Gasteiger partial charge is 0.474 e. The molecule has 1 aromatic heterocycles. The highest BCUT2D eigenvalue weighted by Crippen LogP contribution is 2.25. The van der Waals surface area contributed by atoms with E-state index in [-0.39, 0.29) is 28.2 Å². The molecule has 0 aliphatic carbocycles. The van der Waals surface area contributed by atoms with Crippen LogP contribution >= 0.6 is 11.6 Å². The van der Waals surface area contributed by atoms with Crippen molar-refractivity contribution < 1.29 is 14.5 Å². The zero-order chi connectivity index (χ0) is 17.0. The van der Waals surface area contributed by atoms with Crippen molar-refractivity contribution in [3.05, 3.63) is 51.0 Å². The maximum atomic E-state index is 12.1. The van der Waals surface area contributed by atoms with Gasteiger partial charge in [0, 0.05) is 17.7 Å². The SMILES string of the molecule is CC(C)Oc1ccc(NC(=O)c2ccc(Cl)c([N+](=O)[O-])c2)nn1. The van der Waals surface area contributed by atoms with Crippen LogP contribution < -0.4 is 10.1 Å². The van der Waals surface area contributed by atoms with Gasteiger partial charge in [0.25, 0.3) is 11.6 Å². The summed E-state index contributed by atoms with van der Waals surface area (Å²) < 4.78 is 5.34. The summed E-state index contributed by atoms with van der Waals surface area (Å²) in [4.78, 5) is 22.3.